The molecule has 1 aromatic carbocycles. The molecule has 0 saturated carbocycles. The van der Waals surface area contributed by atoms with Crippen molar-refractivity contribution in [2.45, 2.75) is 39.2 Å². The van der Waals surface area contributed by atoms with Gasteiger partial charge in [0.25, 0.3) is 0 Å². The lowest BCUT2D eigenvalue weighted by Gasteiger charge is -2.26. The summed E-state index contributed by atoms with van der Waals surface area (Å²) in [6.07, 6.45) is 3.83. The fraction of sp³-hybridized carbons (Fsp3) is 0.647. The number of nitrogens with one attached hydrogen (secondary N) is 1. The van der Waals surface area contributed by atoms with E-state index in [1.807, 2.05) is 0 Å². The first-order chi connectivity index (χ1) is 9.66. The molecule has 0 amide bonds. The van der Waals surface area contributed by atoms with Gasteiger partial charge in [-0.25, -0.2) is 0 Å². The van der Waals surface area contributed by atoms with Crippen LogP contribution in [0.15, 0.2) is 18.2 Å². The molecule has 0 aliphatic carbocycles. The Morgan fingerprint density at radius 1 is 1.24 bits per heavy atom. The van der Waals surface area contributed by atoms with E-state index in [4.69, 9.17) is 4.74 Å². The molecule has 1 atom stereocenters. The topological polar surface area (TPSA) is 24.5 Å². The van der Waals surface area contributed by atoms with Crippen LogP contribution < -0.4 is 10.1 Å². The Labute approximate surface area is 135 Å². The largest absolute Gasteiger partial charge is 0.492 e. The van der Waals surface area contributed by atoms with Crippen LogP contribution in [0.2, 0.25) is 0 Å². The zero-order valence-corrected chi connectivity index (χ0v) is 14.3. The van der Waals surface area contributed by atoms with Gasteiger partial charge < -0.3 is 10.1 Å². The quantitative estimate of drug-likeness (QED) is 0.904. The molecule has 0 radical (unpaired) electrons. The molecular weight excluding hydrogens is 284 g/mol. The van der Waals surface area contributed by atoms with Gasteiger partial charge in [0.15, 0.2) is 0 Å². The molecule has 1 saturated heterocycles. The molecule has 21 heavy (non-hydrogen) atoms. The number of nitrogens with zero attached hydrogens (tertiary/aromatic N) is 1. The zero-order chi connectivity index (χ0) is 14.4. The monoisotopic (exact) mass is 312 g/mol. The maximum Gasteiger partial charge on any atom is 0.122 e. The molecular formula is C17H29ClN2O. The summed E-state index contributed by atoms with van der Waals surface area (Å²) in [4.78, 5) is 2.46. The van der Waals surface area contributed by atoms with Crippen LogP contribution in [0.1, 0.15) is 30.4 Å². The number of aryl methyl sites for hydroxylation is 2. The molecule has 1 N–H and O–H groups in total. The molecule has 1 aliphatic rings. The van der Waals surface area contributed by atoms with Crippen molar-refractivity contribution < 1.29 is 4.74 Å². The highest BCUT2D eigenvalue weighted by Gasteiger charge is 2.16. The normalized spacial score (nSPS) is 19.0. The van der Waals surface area contributed by atoms with Crippen LogP contribution in [0.5, 0.6) is 5.75 Å². The van der Waals surface area contributed by atoms with Crippen molar-refractivity contribution in [3.63, 3.8) is 0 Å². The fourth-order valence-corrected chi connectivity index (χ4v) is 2.79. The van der Waals surface area contributed by atoms with E-state index < -0.39 is 0 Å². The SMILES string of the molecule is Cc1ccc(C)c(OCCN(C)C2CCCNCC2)c1.Cl. The Hall–Kier alpha value is -0.770. The second-order valence-corrected chi connectivity index (χ2v) is 5.93. The van der Waals surface area contributed by atoms with Gasteiger partial charge in [-0.05, 0) is 70.4 Å². The molecule has 1 heterocycles. The fourth-order valence-electron chi connectivity index (χ4n) is 2.79. The third kappa shape index (κ3) is 5.85. The number of benzene rings is 1. The van der Waals surface area contributed by atoms with Crippen molar-refractivity contribution in [1.29, 1.82) is 0 Å². The van der Waals surface area contributed by atoms with E-state index in [1.165, 1.54) is 36.9 Å². The lowest BCUT2D eigenvalue weighted by Crippen LogP contribution is -2.35. The van der Waals surface area contributed by atoms with E-state index in [9.17, 15) is 0 Å². The summed E-state index contributed by atoms with van der Waals surface area (Å²) in [6.45, 7) is 8.30. The molecule has 120 valence electrons. The van der Waals surface area contributed by atoms with Gasteiger partial charge in [0.05, 0.1) is 0 Å². The number of ether oxygens (including phenoxy) is 1. The molecule has 0 bridgehead atoms. The lowest BCUT2D eigenvalue weighted by atomic mass is 10.1. The van der Waals surface area contributed by atoms with E-state index in [0.29, 0.717) is 6.04 Å². The van der Waals surface area contributed by atoms with Gasteiger partial charge in [0.1, 0.15) is 12.4 Å². The minimum Gasteiger partial charge on any atom is -0.492 e. The van der Waals surface area contributed by atoms with Crippen molar-refractivity contribution >= 4 is 12.4 Å². The Balaban J connectivity index is 0.00000220. The standard InChI is InChI=1S/C17H28N2O.ClH/c1-14-6-7-15(2)17(13-14)20-12-11-19(3)16-5-4-9-18-10-8-16;/h6-7,13,16,18H,4-5,8-12H2,1-3H3;1H. The number of likely N-dealkylation sites (N-methyl/N-ethyl adjacent to an activating group) is 1. The van der Waals surface area contributed by atoms with E-state index in [2.05, 4.69) is 49.3 Å². The van der Waals surface area contributed by atoms with E-state index in [-0.39, 0.29) is 12.4 Å². The molecule has 4 heteroatoms. The number of hydrogen-bond acceptors (Lipinski definition) is 3. The predicted octanol–water partition coefficient (Wildman–Crippen LogP) is 3.18. The third-order valence-corrected chi connectivity index (χ3v) is 4.21. The molecule has 2 rings (SSSR count). The Morgan fingerprint density at radius 2 is 2.05 bits per heavy atom. The summed E-state index contributed by atoms with van der Waals surface area (Å²) in [5.74, 6) is 1.03. The molecule has 1 aromatic rings. The number of halogens is 1. The van der Waals surface area contributed by atoms with E-state index >= 15 is 0 Å². The second kappa shape index (κ2) is 9.29. The highest BCUT2D eigenvalue weighted by molar-refractivity contribution is 5.85. The summed E-state index contributed by atoms with van der Waals surface area (Å²) < 4.78 is 5.95. The van der Waals surface area contributed by atoms with Crippen molar-refractivity contribution in [3.8, 4) is 5.75 Å². The van der Waals surface area contributed by atoms with Gasteiger partial charge in [0, 0.05) is 12.6 Å². The van der Waals surface area contributed by atoms with Gasteiger partial charge in [0.2, 0.25) is 0 Å². The van der Waals surface area contributed by atoms with Crippen molar-refractivity contribution in [1.82, 2.24) is 10.2 Å². The summed E-state index contributed by atoms with van der Waals surface area (Å²) in [6, 6.07) is 7.09. The first-order valence-corrected chi connectivity index (χ1v) is 7.78. The van der Waals surface area contributed by atoms with Gasteiger partial charge in [-0.3, -0.25) is 4.90 Å². The van der Waals surface area contributed by atoms with Gasteiger partial charge in [-0.15, -0.1) is 12.4 Å². The average Bonchev–Trinajstić information content (AvgIpc) is 2.71. The average molecular weight is 313 g/mol. The first kappa shape index (κ1) is 18.3. The Bertz CT molecular complexity index is 417. The molecule has 1 unspecified atom stereocenters. The lowest BCUT2D eigenvalue weighted by molar-refractivity contribution is 0.180. The van der Waals surface area contributed by atoms with Crippen molar-refractivity contribution in [2.75, 3.05) is 33.3 Å². The molecule has 0 spiro atoms. The highest BCUT2D eigenvalue weighted by Crippen LogP contribution is 2.19. The van der Waals surface area contributed by atoms with Gasteiger partial charge >= 0.3 is 0 Å². The Kier molecular flexibility index (Phi) is 8.09. The summed E-state index contributed by atoms with van der Waals surface area (Å²) >= 11 is 0. The van der Waals surface area contributed by atoms with Crippen LogP contribution in [0.3, 0.4) is 0 Å². The minimum atomic E-state index is 0. The van der Waals surface area contributed by atoms with Crippen LogP contribution in [-0.2, 0) is 0 Å². The smallest absolute Gasteiger partial charge is 0.122 e. The van der Waals surface area contributed by atoms with Crippen LogP contribution in [0.25, 0.3) is 0 Å². The van der Waals surface area contributed by atoms with Crippen molar-refractivity contribution in [3.05, 3.63) is 29.3 Å². The van der Waals surface area contributed by atoms with Gasteiger partial charge in [-0.2, -0.15) is 0 Å². The van der Waals surface area contributed by atoms with E-state index in [1.54, 1.807) is 0 Å². The molecule has 3 nitrogen and oxygen atoms in total. The third-order valence-electron chi connectivity index (χ3n) is 4.21. The minimum absolute atomic E-state index is 0. The zero-order valence-electron chi connectivity index (χ0n) is 13.5. The Morgan fingerprint density at radius 3 is 2.86 bits per heavy atom. The highest BCUT2D eigenvalue weighted by atomic mass is 35.5. The maximum atomic E-state index is 5.95. The van der Waals surface area contributed by atoms with Gasteiger partial charge in [-0.1, -0.05) is 12.1 Å². The van der Waals surface area contributed by atoms with Crippen LogP contribution in [0.4, 0.5) is 0 Å². The number of hydrogen-bond donors (Lipinski definition) is 1. The second-order valence-electron chi connectivity index (χ2n) is 5.93. The van der Waals surface area contributed by atoms with E-state index in [0.717, 1.165) is 25.4 Å². The first-order valence-electron chi connectivity index (χ1n) is 7.78. The summed E-state index contributed by atoms with van der Waals surface area (Å²) in [5, 5.41) is 3.47. The summed E-state index contributed by atoms with van der Waals surface area (Å²) in [5.41, 5.74) is 2.48. The predicted molar refractivity (Wildman–Crippen MR) is 91.8 cm³/mol. The molecule has 1 aliphatic heterocycles. The molecule has 0 aromatic heterocycles. The van der Waals surface area contributed by atoms with Crippen LogP contribution in [-0.4, -0.2) is 44.2 Å². The number of rotatable bonds is 5. The maximum absolute atomic E-state index is 5.95. The van der Waals surface area contributed by atoms with Crippen LogP contribution >= 0.6 is 12.4 Å². The molecule has 1 fully saturated rings. The summed E-state index contributed by atoms with van der Waals surface area (Å²) in [7, 11) is 2.22. The van der Waals surface area contributed by atoms with Crippen LogP contribution in [0, 0.1) is 13.8 Å². The van der Waals surface area contributed by atoms with Crippen molar-refractivity contribution in [2.24, 2.45) is 0 Å².